The summed E-state index contributed by atoms with van der Waals surface area (Å²) in [7, 11) is -0.448. The number of ether oxygens (including phenoxy) is 1. The van der Waals surface area contributed by atoms with Gasteiger partial charge < -0.3 is 9.16 Å². The van der Waals surface area contributed by atoms with Gasteiger partial charge in [0, 0.05) is 6.61 Å². The minimum Gasteiger partial charge on any atom is -0.467 e. The summed E-state index contributed by atoms with van der Waals surface area (Å²) in [6, 6.07) is 0. The fraction of sp³-hybridized carbons (Fsp3) is 0.929. The number of esters is 1. The van der Waals surface area contributed by atoms with Gasteiger partial charge in [0.2, 0.25) is 0 Å². The number of rotatable bonds is 8. The average molecular weight is 292 g/mol. The third-order valence-electron chi connectivity index (χ3n) is 3.83. The van der Waals surface area contributed by atoms with Crippen molar-refractivity contribution in [3.63, 3.8) is 0 Å². The van der Waals surface area contributed by atoms with E-state index in [0.717, 1.165) is 19.4 Å². The van der Waals surface area contributed by atoms with Gasteiger partial charge in [0.1, 0.15) is 0 Å². The highest BCUT2D eigenvalue weighted by Gasteiger charge is 2.36. The summed E-state index contributed by atoms with van der Waals surface area (Å²) in [5.41, 5.74) is 0. The highest BCUT2D eigenvalue weighted by atomic mass is 28.4. The van der Waals surface area contributed by atoms with Crippen LogP contribution >= 0.6 is 0 Å². The predicted octanol–water partition coefficient (Wildman–Crippen LogP) is 4.08. The standard InChI is InChI=1S/C14H29FO3Si/c1-14(2,3)19(5,6)18-11-9-7-8-10-12(15)13(16)17-4/h12H,7-11H2,1-6H3. The van der Waals surface area contributed by atoms with Gasteiger partial charge in [-0.15, -0.1) is 0 Å². The summed E-state index contributed by atoms with van der Waals surface area (Å²) in [5.74, 6) is -0.766. The fourth-order valence-electron chi connectivity index (χ4n) is 1.39. The number of carbonyl (C=O) groups excluding carboxylic acids is 1. The number of methoxy groups -OCH3 is 1. The van der Waals surface area contributed by atoms with Crippen LogP contribution in [0.3, 0.4) is 0 Å². The molecule has 0 bridgehead atoms. The zero-order valence-electron chi connectivity index (χ0n) is 13.2. The van der Waals surface area contributed by atoms with Crippen molar-refractivity contribution in [1.29, 1.82) is 0 Å². The quantitative estimate of drug-likeness (QED) is 0.384. The smallest absolute Gasteiger partial charge is 0.340 e. The maximum atomic E-state index is 13.2. The molecule has 0 saturated carbocycles. The Bertz CT molecular complexity index is 274. The molecule has 0 N–H and O–H groups in total. The normalized spacial score (nSPS) is 14.3. The van der Waals surface area contributed by atoms with E-state index in [1.54, 1.807) is 0 Å². The lowest BCUT2D eigenvalue weighted by molar-refractivity contribution is -0.146. The van der Waals surface area contributed by atoms with E-state index < -0.39 is 20.5 Å². The molecule has 0 aliphatic heterocycles. The maximum Gasteiger partial charge on any atom is 0.340 e. The topological polar surface area (TPSA) is 35.5 Å². The molecule has 0 aromatic heterocycles. The second kappa shape index (κ2) is 8.00. The van der Waals surface area contributed by atoms with Crippen LogP contribution < -0.4 is 0 Å². The first-order chi connectivity index (χ1) is 8.62. The van der Waals surface area contributed by atoms with Crippen molar-refractivity contribution in [2.24, 2.45) is 0 Å². The largest absolute Gasteiger partial charge is 0.467 e. The summed E-state index contributed by atoms with van der Waals surface area (Å²) in [6.07, 6.45) is 1.25. The highest BCUT2D eigenvalue weighted by molar-refractivity contribution is 6.74. The summed E-state index contributed by atoms with van der Waals surface area (Å²) >= 11 is 0. The van der Waals surface area contributed by atoms with Gasteiger partial charge >= 0.3 is 5.97 Å². The summed E-state index contributed by atoms with van der Waals surface area (Å²) in [4.78, 5) is 10.9. The Morgan fingerprint density at radius 2 is 1.79 bits per heavy atom. The molecule has 0 rings (SSSR count). The summed E-state index contributed by atoms with van der Waals surface area (Å²) in [6.45, 7) is 11.8. The lowest BCUT2D eigenvalue weighted by Gasteiger charge is -2.36. The second-order valence-electron chi connectivity index (χ2n) is 6.45. The van der Waals surface area contributed by atoms with Crippen LogP contribution in [-0.2, 0) is 14.0 Å². The molecule has 1 unspecified atom stereocenters. The Kier molecular flexibility index (Phi) is 7.82. The lowest BCUT2D eigenvalue weighted by atomic mass is 10.1. The van der Waals surface area contributed by atoms with E-state index in [1.165, 1.54) is 7.11 Å². The molecule has 0 aromatic carbocycles. The van der Waals surface area contributed by atoms with E-state index in [4.69, 9.17) is 4.43 Å². The van der Waals surface area contributed by atoms with Crippen molar-refractivity contribution < 1.29 is 18.3 Å². The molecular formula is C14H29FO3Si. The van der Waals surface area contributed by atoms with Crippen LogP contribution in [0.15, 0.2) is 0 Å². The van der Waals surface area contributed by atoms with E-state index in [2.05, 4.69) is 38.6 Å². The number of halogens is 1. The number of hydrogen-bond acceptors (Lipinski definition) is 3. The molecular weight excluding hydrogens is 263 g/mol. The Morgan fingerprint density at radius 1 is 1.21 bits per heavy atom. The van der Waals surface area contributed by atoms with E-state index in [0.29, 0.717) is 6.42 Å². The minimum atomic E-state index is -1.66. The van der Waals surface area contributed by atoms with Crippen LogP contribution in [0.2, 0.25) is 18.1 Å². The molecule has 0 amide bonds. The van der Waals surface area contributed by atoms with Gasteiger partial charge in [-0.25, -0.2) is 9.18 Å². The van der Waals surface area contributed by atoms with Crippen molar-refractivity contribution in [3.8, 4) is 0 Å². The van der Waals surface area contributed by atoms with Gasteiger partial charge in [-0.3, -0.25) is 0 Å². The van der Waals surface area contributed by atoms with Gasteiger partial charge in [-0.2, -0.15) is 0 Å². The third-order valence-corrected chi connectivity index (χ3v) is 8.37. The molecule has 0 fully saturated rings. The monoisotopic (exact) mass is 292 g/mol. The summed E-state index contributed by atoms with van der Waals surface area (Å²) < 4.78 is 23.5. The van der Waals surface area contributed by atoms with Gasteiger partial charge in [0.15, 0.2) is 14.5 Å². The van der Waals surface area contributed by atoms with Gasteiger partial charge in [-0.05, 0) is 37.4 Å². The predicted molar refractivity (Wildman–Crippen MR) is 78.5 cm³/mol. The molecule has 3 nitrogen and oxygen atoms in total. The van der Waals surface area contributed by atoms with Crippen LogP contribution in [0, 0.1) is 0 Å². The maximum absolute atomic E-state index is 13.2. The number of carbonyl (C=O) groups is 1. The molecule has 1 atom stereocenters. The molecule has 114 valence electrons. The van der Waals surface area contributed by atoms with E-state index >= 15 is 0 Å². The van der Waals surface area contributed by atoms with E-state index in [9.17, 15) is 9.18 Å². The van der Waals surface area contributed by atoms with Crippen LogP contribution in [0.4, 0.5) is 4.39 Å². The van der Waals surface area contributed by atoms with Gasteiger partial charge in [-0.1, -0.05) is 27.2 Å². The Hall–Kier alpha value is -0.423. The summed E-state index contributed by atoms with van der Waals surface area (Å²) in [5, 5.41) is 0.224. The first-order valence-corrected chi connectivity index (χ1v) is 9.88. The van der Waals surface area contributed by atoms with Gasteiger partial charge in [0.05, 0.1) is 7.11 Å². The van der Waals surface area contributed by atoms with Crippen molar-refractivity contribution in [2.45, 2.75) is 70.8 Å². The molecule has 0 aliphatic rings. The van der Waals surface area contributed by atoms with Crippen LogP contribution in [-0.4, -0.2) is 34.2 Å². The first-order valence-electron chi connectivity index (χ1n) is 6.97. The fourth-order valence-corrected chi connectivity index (χ4v) is 2.48. The first kappa shape index (κ1) is 18.6. The molecule has 0 radical (unpaired) electrons. The zero-order chi connectivity index (χ0) is 15.1. The van der Waals surface area contributed by atoms with E-state index in [1.807, 2.05) is 0 Å². The van der Waals surface area contributed by atoms with Crippen LogP contribution in [0.1, 0.15) is 46.5 Å². The number of alkyl halides is 1. The number of unbranched alkanes of at least 4 members (excludes halogenated alkanes) is 2. The zero-order valence-corrected chi connectivity index (χ0v) is 14.2. The van der Waals surface area contributed by atoms with E-state index in [-0.39, 0.29) is 11.5 Å². The van der Waals surface area contributed by atoms with Crippen molar-refractivity contribution in [3.05, 3.63) is 0 Å². The van der Waals surface area contributed by atoms with Crippen molar-refractivity contribution in [2.75, 3.05) is 13.7 Å². The Labute approximate surface area is 118 Å². The third kappa shape index (κ3) is 7.06. The molecule has 0 heterocycles. The molecule has 5 heteroatoms. The van der Waals surface area contributed by atoms with Crippen LogP contribution in [0.5, 0.6) is 0 Å². The molecule has 19 heavy (non-hydrogen) atoms. The second-order valence-corrected chi connectivity index (χ2v) is 11.3. The average Bonchev–Trinajstić information content (AvgIpc) is 2.30. The molecule has 0 saturated heterocycles. The SMILES string of the molecule is COC(=O)C(F)CCCCCO[Si](C)(C)C(C)(C)C. The lowest BCUT2D eigenvalue weighted by Crippen LogP contribution is -2.40. The molecule has 0 aromatic rings. The van der Waals surface area contributed by atoms with Crippen molar-refractivity contribution in [1.82, 2.24) is 0 Å². The van der Waals surface area contributed by atoms with Gasteiger partial charge in [0.25, 0.3) is 0 Å². The number of hydrogen-bond donors (Lipinski definition) is 0. The Morgan fingerprint density at radius 3 is 2.26 bits per heavy atom. The molecule has 0 aliphatic carbocycles. The van der Waals surface area contributed by atoms with Crippen LogP contribution in [0.25, 0.3) is 0 Å². The van der Waals surface area contributed by atoms with Crippen molar-refractivity contribution >= 4 is 14.3 Å². The minimum absolute atomic E-state index is 0.224. The highest BCUT2D eigenvalue weighted by Crippen LogP contribution is 2.36. The Balaban J connectivity index is 3.70. The molecule has 0 spiro atoms.